The summed E-state index contributed by atoms with van der Waals surface area (Å²) in [5.41, 5.74) is -0.604. The molecule has 2 amide bonds. The molecule has 3 aromatic rings. The molecule has 11 atom stereocenters. The SMILES string of the molecule is CC(C)C(=O)Nc1nc2c(ncn2[C@@H]2O[C@H](COP(=O)(OCCC#N)O[C@H]3[C@@H](F)[C@H](N4C=NC5C(NC(=O)c6ccccc6)=NC=NC54)O[C@@H]3CI)[C@@H](O[Si](C)(C)C(C)(C)C)[C@H]2OP(=S)(OCCC#N)OCCC#N)c(=O)[nH]1. The highest BCUT2D eigenvalue weighted by Gasteiger charge is 2.57. The zero-order valence-corrected chi connectivity index (χ0v) is 49.2. The number of amidine groups is 1. The summed E-state index contributed by atoms with van der Waals surface area (Å²) in [6, 6.07) is 13.5. The van der Waals surface area contributed by atoms with Gasteiger partial charge in [0.15, 0.2) is 50.3 Å². The molecule has 78 heavy (non-hydrogen) atoms. The summed E-state index contributed by atoms with van der Waals surface area (Å²) in [6.07, 6.45) is -9.19. The molecule has 1 aromatic carbocycles. The van der Waals surface area contributed by atoms with E-state index in [1.807, 2.05) is 74.7 Å². The third kappa shape index (κ3) is 14.2. The van der Waals surface area contributed by atoms with Gasteiger partial charge >= 0.3 is 14.5 Å². The van der Waals surface area contributed by atoms with Gasteiger partial charge in [-0.15, -0.1) is 0 Å². The average molecular weight is 1270 g/mol. The van der Waals surface area contributed by atoms with E-state index in [1.54, 1.807) is 44.2 Å². The molecule has 26 nitrogen and oxygen atoms in total. The summed E-state index contributed by atoms with van der Waals surface area (Å²) in [4.78, 5) is 65.3. The number of aromatic nitrogens is 4. The van der Waals surface area contributed by atoms with Gasteiger partial charge in [0, 0.05) is 15.9 Å². The molecule has 3 N–H and O–H groups in total. The van der Waals surface area contributed by atoms with Crippen LogP contribution in [0.25, 0.3) is 11.2 Å². The second kappa shape index (κ2) is 26.2. The van der Waals surface area contributed by atoms with Crippen molar-refractivity contribution in [3.63, 3.8) is 0 Å². The highest BCUT2D eigenvalue weighted by molar-refractivity contribution is 14.1. The van der Waals surface area contributed by atoms with Crippen LogP contribution < -0.4 is 16.2 Å². The number of imidazole rings is 1. The van der Waals surface area contributed by atoms with Crippen LogP contribution in [-0.4, -0.2) is 149 Å². The lowest BCUT2D eigenvalue weighted by atomic mass is 10.1. The van der Waals surface area contributed by atoms with Crippen LogP contribution in [0.2, 0.25) is 18.1 Å². The van der Waals surface area contributed by atoms with Gasteiger partial charge in [0.1, 0.15) is 36.6 Å². The number of nitriles is 3. The summed E-state index contributed by atoms with van der Waals surface area (Å²) in [5, 5.41) is 33.2. The molecule has 3 unspecified atom stereocenters. The Morgan fingerprint density at radius 1 is 0.936 bits per heavy atom. The predicted molar refractivity (Wildman–Crippen MR) is 294 cm³/mol. The Kier molecular flexibility index (Phi) is 20.4. The van der Waals surface area contributed by atoms with Gasteiger partial charge in [0.05, 0.1) is 82.7 Å². The van der Waals surface area contributed by atoms with E-state index in [4.69, 9.17) is 52.8 Å². The van der Waals surface area contributed by atoms with E-state index in [0.717, 1.165) is 0 Å². The smallest absolute Gasteiger partial charge is 0.408 e. The van der Waals surface area contributed by atoms with Crippen LogP contribution in [0.15, 0.2) is 56.4 Å². The van der Waals surface area contributed by atoms with Gasteiger partial charge in [-0.1, -0.05) is 75.4 Å². The molecular formula is C46H59FIN13O13P2SSi. The maximum absolute atomic E-state index is 17.2. The van der Waals surface area contributed by atoms with Gasteiger partial charge < -0.3 is 33.2 Å². The standard InChI is InChI=1S/C46H59FIN13O13P2SSi/c1-27(2)40(62)58-45-57-39-33(42(64)59-45)55-26-61(39)44-36(73-76(77,67-20-12-17-50)68-21-13-18-51)35(74-78(6,7)46(3,4)5)30(71-44)23-69-75(65,66-19-11-16-49)72-34-29(22-48)70-43(31(34)47)60-25-54-32-37(52-24-53-38(32)60)56-41(63)28-14-9-8-10-15-28/h8-10,14-15,24-27,29-32,34-36,38,43-44H,11-13,19-23H2,1-7H3,(H,52,53,56,63)(H2,57,58,59,62,64)/t29-,30-,31-,32?,34-,35-,36-,38?,43-,44-,75?/m1/s1. The topological polar surface area (TPSA) is 334 Å². The first kappa shape index (κ1) is 60.8. The number of hydrogen-bond donors (Lipinski definition) is 3. The number of halogens is 2. The number of carbonyl (C=O) groups excluding carboxylic acids is 2. The predicted octanol–water partition coefficient (Wildman–Crippen LogP) is 6.32. The molecule has 420 valence electrons. The van der Waals surface area contributed by atoms with Crippen LogP contribution >= 0.6 is 37.1 Å². The number of ether oxygens (including phenoxy) is 2. The number of carbonyl (C=O) groups is 2. The minimum Gasteiger partial charge on any atom is -0.408 e. The van der Waals surface area contributed by atoms with E-state index in [2.05, 4.69) is 40.6 Å². The van der Waals surface area contributed by atoms with E-state index in [9.17, 15) is 30.2 Å². The van der Waals surface area contributed by atoms with Crippen molar-refractivity contribution in [1.29, 1.82) is 15.8 Å². The Bertz CT molecular complexity index is 3020. The number of aromatic amines is 1. The fourth-order valence-electron chi connectivity index (χ4n) is 7.89. The first-order chi connectivity index (χ1) is 37.1. The number of H-pyrrole nitrogens is 1. The number of benzene rings is 1. The number of phosphoric acid groups is 1. The molecule has 0 spiro atoms. The van der Waals surface area contributed by atoms with Crippen molar-refractivity contribution in [2.45, 2.75) is 133 Å². The molecule has 2 aromatic heterocycles. The van der Waals surface area contributed by atoms with Crippen LogP contribution in [0.3, 0.4) is 0 Å². The normalized spacial score (nSPS) is 25.8. The van der Waals surface area contributed by atoms with Gasteiger partial charge in [-0.05, 0) is 42.1 Å². The molecule has 0 aliphatic carbocycles. The number of hydrogen-bond acceptors (Lipinski definition) is 23. The molecule has 4 aliphatic heterocycles. The zero-order chi connectivity index (χ0) is 56.6. The highest BCUT2D eigenvalue weighted by Crippen LogP contribution is 2.57. The lowest BCUT2D eigenvalue weighted by Gasteiger charge is -2.41. The van der Waals surface area contributed by atoms with Crippen LogP contribution in [0.5, 0.6) is 0 Å². The van der Waals surface area contributed by atoms with Crippen molar-refractivity contribution < 1.29 is 59.6 Å². The summed E-state index contributed by atoms with van der Waals surface area (Å²) in [7, 11) is -7.93. The number of anilines is 1. The number of aliphatic imine (C=N–C) groups is 3. The fraction of sp³-hybridized carbons (Fsp3) is 0.587. The van der Waals surface area contributed by atoms with Gasteiger partial charge in [-0.2, -0.15) is 20.8 Å². The molecule has 6 heterocycles. The molecule has 0 bridgehead atoms. The maximum Gasteiger partial charge on any atom is 0.475 e. The molecule has 4 aliphatic rings. The third-order valence-corrected chi connectivity index (χ3v) is 22.1. The lowest BCUT2D eigenvalue weighted by Crippen LogP contribution is -2.52. The quantitative estimate of drug-likeness (QED) is 0.0290. The second-order valence-corrected chi connectivity index (χ2v) is 29.9. The minimum absolute atomic E-state index is 0.0923. The van der Waals surface area contributed by atoms with E-state index in [-0.39, 0.29) is 59.9 Å². The fourth-order valence-corrected chi connectivity index (χ4v) is 13.4. The van der Waals surface area contributed by atoms with Crippen molar-refractivity contribution in [2.75, 3.05) is 36.2 Å². The summed E-state index contributed by atoms with van der Waals surface area (Å²) in [6.45, 7) is 7.51. The molecule has 0 radical (unpaired) electrons. The zero-order valence-electron chi connectivity index (χ0n) is 43.5. The number of nitrogens with one attached hydrogen (secondary N) is 3. The monoisotopic (exact) mass is 1270 g/mol. The Morgan fingerprint density at radius 2 is 1.59 bits per heavy atom. The van der Waals surface area contributed by atoms with Crippen molar-refractivity contribution in [2.24, 2.45) is 20.9 Å². The minimum atomic E-state index is -4.97. The Balaban J connectivity index is 1.22. The van der Waals surface area contributed by atoms with E-state index in [0.29, 0.717) is 5.56 Å². The van der Waals surface area contributed by atoms with Crippen LogP contribution in [0, 0.1) is 39.9 Å². The third-order valence-electron chi connectivity index (χ3n) is 12.9. The lowest BCUT2D eigenvalue weighted by molar-refractivity contribution is -0.118. The first-order valence-corrected chi connectivity index (χ1v) is 33.0. The summed E-state index contributed by atoms with van der Waals surface area (Å²) < 4.78 is 90.5. The Labute approximate surface area is 468 Å². The van der Waals surface area contributed by atoms with Crippen molar-refractivity contribution in [3.05, 3.63) is 52.6 Å². The van der Waals surface area contributed by atoms with Crippen molar-refractivity contribution >= 4 is 105 Å². The first-order valence-electron chi connectivity index (χ1n) is 24.5. The molecule has 2 fully saturated rings. The summed E-state index contributed by atoms with van der Waals surface area (Å²) in [5.74, 6) is -1.43. The van der Waals surface area contributed by atoms with Gasteiger partial charge in [0.2, 0.25) is 11.9 Å². The van der Waals surface area contributed by atoms with E-state index < -0.39 is 126 Å². The van der Waals surface area contributed by atoms with Crippen molar-refractivity contribution in [3.8, 4) is 18.2 Å². The largest absolute Gasteiger partial charge is 0.475 e. The van der Waals surface area contributed by atoms with E-state index in [1.165, 1.54) is 28.5 Å². The maximum atomic E-state index is 17.2. The molecule has 32 heteroatoms. The van der Waals surface area contributed by atoms with Crippen LogP contribution in [0.1, 0.15) is 70.5 Å². The highest BCUT2D eigenvalue weighted by atomic mass is 127. The van der Waals surface area contributed by atoms with Gasteiger partial charge in [0.25, 0.3) is 11.5 Å². The number of rotatable bonds is 24. The van der Waals surface area contributed by atoms with Crippen molar-refractivity contribution in [1.82, 2.24) is 29.7 Å². The summed E-state index contributed by atoms with van der Waals surface area (Å²) >= 11 is 7.90. The van der Waals surface area contributed by atoms with Gasteiger partial charge in [-0.25, -0.2) is 23.9 Å². The van der Waals surface area contributed by atoms with E-state index >= 15 is 8.96 Å². The number of phosphoric ester groups is 1. The Morgan fingerprint density at radius 3 is 2.22 bits per heavy atom. The van der Waals surface area contributed by atoms with Gasteiger partial charge in [-0.3, -0.25) is 52.3 Å². The van der Waals surface area contributed by atoms with Crippen LogP contribution in [-0.2, 0) is 62.2 Å². The Hall–Kier alpha value is -4.81. The molecule has 7 rings (SSSR count). The number of alkyl halides is 2. The average Bonchev–Trinajstić information content (AvgIpc) is 4.17. The number of nitrogens with zero attached hydrogens (tertiary/aromatic N) is 10. The molecular weight excluding hydrogens is 1210 g/mol. The van der Waals surface area contributed by atoms with Crippen LogP contribution in [0.4, 0.5) is 10.3 Å². The number of fused-ring (bicyclic) bond motifs is 2. The molecule has 0 saturated carbocycles. The second-order valence-electron chi connectivity index (χ2n) is 19.7. The molecule has 2 saturated heterocycles. The number of amides is 2.